The first kappa shape index (κ1) is 20.6. The summed E-state index contributed by atoms with van der Waals surface area (Å²) in [5.41, 5.74) is 2.69. The molecule has 5 heteroatoms. The molecule has 0 bridgehead atoms. The van der Waals surface area contributed by atoms with Crippen molar-refractivity contribution < 1.29 is 14.3 Å². The number of nitrogens with one attached hydrogen (secondary N) is 1. The summed E-state index contributed by atoms with van der Waals surface area (Å²) in [6.45, 7) is 10.7. The Morgan fingerprint density at radius 3 is 2.48 bits per heavy atom. The van der Waals surface area contributed by atoms with Gasteiger partial charge in [-0.25, -0.2) is 0 Å². The molecule has 0 unspecified atom stereocenters. The number of anilines is 1. The zero-order chi connectivity index (χ0) is 21.0. The Morgan fingerprint density at radius 2 is 1.83 bits per heavy atom. The molecule has 0 aliphatic heterocycles. The number of fused-ring (bicyclic) bond motifs is 1. The van der Waals surface area contributed by atoms with Crippen molar-refractivity contribution >= 4 is 22.5 Å². The minimum absolute atomic E-state index is 0.0737. The van der Waals surface area contributed by atoms with Gasteiger partial charge in [0.15, 0.2) is 6.10 Å². The third kappa shape index (κ3) is 4.86. The standard InChI is InChI=1S/C24H28N2O3/c1-6-28-21-14-13-20(19-8-7-15-25-22(19)21)26-23(27)16(2)29-18-11-9-17(10-12-18)24(3,4)5/h7-16H,6H2,1-5H3,(H,26,27)/t16-/m0/s1. The van der Waals surface area contributed by atoms with Crippen LogP contribution in [-0.2, 0) is 10.2 Å². The van der Waals surface area contributed by atoms with Crippen molar-refractivity contribution in [1.82, 2.24) is 4.98 Å². The van der Waals surface area contributed by atoms with Gasteiger partial charge < -0.3 is 14.8 Å². The molecule has 1 N–H and O–H groups in total. The first-order chi connectivity index (χ1) is 13.8. The quantitative estimate of drug-likeness (QED) is 0.615. The van der Waals surface area contributed by atoms with E-state index in [1.807, 2.05) is 55.5 Å². The van der Waals surface area contributed by atoms with Crippen LogP contribution >= 0.6 is 0 Å². The molecule has 0 saturated carbocycles. The van der Waals surface area contributed by atoms with E-state index in [-0.39, 0.29) is 11.3 Å². The zero-order valence-corrected chi connectivity index (χ0v) is 17.7. The molecular formula is C24H28N2O3. The minimum atomic E-state index is -0.645. The lowest BCUT2D eigenvalue weighted by molar-refractivity contribution is -0.122. The molecule has 3 aromatic rings. The number of carbonyl (C=O) groups is 1. The molecule has 0 radical (unpaired) electrons. The lowest BCUT2D eigenvalue weighted by Gasteiger charge is -2.20. The number of hydrogen-bond acceptors (Lipinski definition) is 4. The highest BCUT2D eigenvalue weighted by atomic mass is 16.5. The smallest absolute Gasteiger partial charge is 0.265 e. The van der Waals surface area contributed by atoms with Gasteiger partial charge in [-0.15, -0.1) is 0 Å². The van der Waals surface area contributed by atoms with Crippen LogP contribution in [0.4, 0.5) is 5.69 Å². The summed E-state index contributed by atoms with van der Waals surface area (Å²) in [5.74, 6) is 1.14. The second-order valence-corrected chi connectivity index (χ2v) is 7.97. The number of nitrogens with zero attached hydrogens (tertiary/aromatic N) is 1. The molecule has 0 aliphatic carbocycles. The SMILES string of the molecule is CCOc1ccc(NC(=O)[C@H](C)Oc2ccc(C(C)(C)C)cc2)c2cccnc12. The number of pyridine rings is 1. The fraction of sp³-hybridized carbons (Fsp3) is 0.333. The average Bonchev–Trinajstić information content (AvgIpc) is 2.69. The maximum absolute atomic E-state index is 12.7. The molecule has 1 atom stereocenters. The third-order valence-corrected chi connectivity index (χ3v) is 4.69. The van der Waals surface area contributed by atoms with Gasteiger partial charge in [-0.3, -0.25) is 9.78 Å². The van der Waals surface area contributed by atoms with Crippen LogP contribution in [0.25, 0.3) is 10.9 Å². The van der Waals surface area contributed by atoms with Gasteiger partial charge in [0.25, 0.3) is 5.91 Å². The fourth-order valence-electron chi connectivity index (χ4n) is 3.05. The van der Waals surface area contributed by atoms with Crippen molar-refractivity contribution in [1.29, 1.82) is 0 Å². The normalized spacial score (nSPS) is 12.4. The number of hydrogen-bond donors (Lipinski definition) is 1. The Bertz CT molecular complexity index is 991. The lowest BCUT2D eigenvalue weighted by atomic mass is 9.87. The largest absolute Gasteiger partial charge is 0.492 e. The van der Waals surface area contributed by atoms with Crippen molar-refractivity contribution in [3.05, 3.63) is 60.3 Å². The van der Waals surface area contributed by atoms with E-state index >= 15 is 0 Å². The van der Waals surface area contributed by atoms with Gasteiger partial charge >= 0.3 is 0 Å². The van der Waals surface area contributed by atoms with Crippen LogP contribution in [0.1, 0.15) is 40.2 Å². The van der Waals surface area contributed by atoms with Gasteiger partial charge in [0.05, 0.1) is 12.3 Å². The summed E-state index contributed by atoms with van der Waals surface area (Å²) < 4.78 is 11.5. The van der Waals surface area contributed by atoms with E-state index in [0.717, 1.165) is 10.9 Å². The van der Waals surface area contributed by atoms with Crippen molar-refractivity contribution in [3.63, 3.8) is 0 Å². The molecule has 0 saturated heterocycles. The minimum Gasteiger partial charge on any atom is -0.492 e. The molecule has 2 aromatic carbocycles. The van der Waals surface area contributed by atoms with Crippen molar-refractivity contribution in [3.8, 4) is 11.5 Å². The molecule has 5 nitrogen and oxygen atoms in total. The molecule has 1 aromatic heterocycles. The van der Waals surface area contributed by atoms with Gasteiger partial charge in [0.2, 0.25) is 0 Å². The van der Waals surface area contributed by atoms with E-state index in [1.54, 1.807) is 13.1 Å². The maximum Gasteiger partial charge on any atom is 0.265 e. The van der Waals surface area contributed by atoms with E-state index in [9.17, 15) is 4.79 Å². The molecule has 0 aliphatic rings. The third-order valence-electron chi connectivity index (χ3n) is 4.69. The average molecular weight is 392 g/mol. The molecule has 1 heterocycles. The zero-order valence-electron chi connectivity index (χ0n) is 17.7. The highest BCUT2D eigenvalue weighted by molar-refractivity contribution is 6.04. The fourth-order valence-corrected chi connectivity index (χ4v) is 3.05. The number of carbonyl (C=O) groups excluding carboxylic acids is 1. The van der Waals surface area contributed by atoms with E-state index in [2.05, 4.69) is 31.1 Å². The van der Waals surface area contributed by atoms with E-state index in [4.69, 9.17) is 9.47 Å². The number of benzene rings is 2. The highest BCUT2D eigenvalue weighted by Gasteiger charge is 2.18. The number of rotatable bonds is 6. The number of aromatic nitrogens is 1. The molecule has 1 amide bonds. The molecular weight excluding hydrogens is 364 g/mol. The summed E-state index contributed by atoms with van der Waals surface area (Å²) in [6.07, 6.45) is 1.07. The van der Waals surface area contributed by atoms with Gasteiger partial charge in [0, 0.05) is 11.6 Å². The number of ether oxygens (including phenoxy) is 2. The predicted molar refractivity (Wildman–Crippen MR) is 117 cm³/mol. The highest BCUT2D eigenvalue weighted by Crippen LogP contribution is 2.30. The Hall–Kier alpha value is -3.08. The second kappa shape index (κ2) is 8.52. The van der Waals surface area contributed by atoms with Crippen LogP contribution in [0.3, 0.4) is 0 Å². The summed E-state index contributed by atoms with van der Waals surface area (Å²) in [6, 6.07) is 15.3. The van der Waals surface area contributed by atoms with E-state index in [0.29, 0.717) is 23.8 Å². The maximum atomic E-state index is 12.7. The summed E-state index contributed by atoms with van der Waals surface area (Å²) in [5, 5.41) is 3.78. The second-order valence-electron chi connectivity index (χ2n) is 7.97. The Morgan fingerprint density at radius 1 is 1.10 bits per heavy atom. The monoisotopic (exact) mass is 392 g/mol. The summed E-state index contributed by atoms with van der Waals surface area (Å²) in [7, 11) is 0. The van der Waals surface area contributed by atoms with Crippen molar-refractivity contribution in [2.45, 2.75) is 46.1 Å². The molecule has 152 valence electrons. The first-order valence-corrected chi connectivity index (χ1v) is 9.88. The molecule has 29 heavy (non-hydrogen) atoms. The van der Waals surface area contributed by atoms with Gasteiger partial charge in [-0.05, 0) is 61.2 Å². The van der Waals surface area contributed by atoms with Crippen LogP contribution < -0.4 is 14.8 Å². The Kier molecular flexibility index (Phi) is 6.06. The molecule has 0 fully saturated rings. The Balaban J connectivity index is 1.74. The summed E-state index contributed by atoms with van der Waals surface area (Å²) in [4.78, 5) is 17.1. The summed E-state index contributed by atoms with van der Waals surface area (Å²) >= 11 is 0. The predicted octanol–water partition coefficient (Wildman–Crippen LogP) is 5.34. The van der Waals surface area contributed by atoms with Gasteiger partial charge in [0.1, 0.15) is 17.0 Å². The van der Waals surface area contributed by atoms with Crippen molar-refractivity contribution in [2.24, 2.45) is 0 Å². The van der Waals surface area contributed by atoms with Crippen molar-refractivity contribution in [2.75, 3.05) is 11.9 Å². The topological polar surface area (TPSA) is 60.5 Å². The van der Waals surface area contributed by atoms with Crippen LogP contribution in [-0.4, -0.2) is 23.6 Å². The molecule has 3 rings (SSSR count). The van der Waals surface area contributed by atoms with E-state index in [1.165, 1.54) is 5.56 Å². The lowest BCUT2D eigenvalue weighted by Crippen LogP contribution is -2.30. The van der Waals surface area contributed by atoms with Crippen LogP contribution in [0, 0.1) is 0 Å². The number of amides is 1. The van der Waals surface area contributed by atoms with Crippen LogP contribution in [0.15, 0.2) is 54.7 Å². The van der Waals surface area contributed by atoms with Crippen LogP contribution in [0.5, 0.6) is 11.5 Å². The Labute approximate surface area is 172 Å². The van der Waals surface area contributed by atoms with Gasteiger partial charge in [-0.2, -0.15) is 0 Å². The first-order valence-electron chi connectivity index (χ1n) is 9.88. The van der Waals surface area contributed by atoms with Gasteiger partial charge in [-0.1, -0.05) is 32.9 Å². The molecule has 0 spiro atoms. The van der Waals surface area contributed by atoms with E-state index < -0.39 is 6.10 Å². The van der Waals surface area contributed by atoms with Crippen LogP contribution in [0.2, 0.25) is 0 Å².